The van der Waals surface area contributed by atoms with Gasteiger partial charge < -0.3 is 24.3 Å². The normalized spacial score (nSPS) is 22.0. The van der Waals surface area contributed by atoms with Crippen LogP contribution in [0.2, 0.25) is 0 Å². The number of quaternary nitrogens is 1. The van der Waals surface area contributed by atoms with Crippen LogP contribution >= 0.6 is 0 Å². The predicted molar refractivity (Wildman–Crippen MR) is 91.5 cm³/mol. The fourth-order valence-electron chi connectivity index (χ4n) is 3.57. The molecule has 0 aliphatic carbocycles. The zero-order valence-electron chi connectivity index (χ0n) is 14.9. The molecule has 1 aromatic rings. The molecule has 0 aromatic carbocycles. The number of amides is 2. The molecule has 138 valence electrons. The Morgan fingerprint density at radius 2 is 2.16 bits per heavy atom. The van der Waals surface area contributed by atoms with E-state index >= 15 is 0 Å². The van der Waals surface area contributed by atoms with Crippen LogP contribution in [-0.2, 0) is 9.53 Å². The van der Waals surface area contributed by atoms with E-state index in [-0.39, 0.29) is 17.7 Å². The minimum absolute atomic E-state index is 0.0403. The standard InChI is InChI=1S/C18H27N3O4/c1-14-16(4-10-25-14)18(23)21-6-2-3-15(13-21)17(22)19-5-7-20-8-11-24-12-9-20/h4,10,15H,2-3,5-9,11-13H2,1H3,(H,19,22)/p+1/t15-/m0/s1. The first-order valence-electron chi connectivity index (χ1n) is 9.17. The van der Waals surface area contributed by atoms with E-state index in [1.165, 1.54) is 11.2 Å². The van der Waals surface area contributed by atoms with Crippen molar-refractivity contribution in [2.45, 2.75) is 19.8 Å². The Morgan fingerprint density at radius 3 is 2.88 bits per heavy atom. The third-order valence-corrected chi connectivity index (χ3v) is 5.15. The topological polar surface area (TPSA) is 76.2 Å². The van der Waals surface area contributed by atoms with Crippen molar-refractivity contribution >= 4 is 11.8 Å². The van der Waals surface area contributed by atoms with Gasteiger partial charge in [-0.25, -0.2) is 0 Å². The van der Waals surface area contributed by atoms with Crippen molar-refractivity contribution in [3.63, 3.8) is 0 Å². The molecule has 2 aliphatic heterocycles. The Labute approximate surface area is 148 Å². The molecule has 2 amide bonds. The molecule has 3 rings (SSSR count). The summed E-state index contributed by atoms with van der Waals surface area (Å²) in [5.74, 6) is 0.533. The number of ether oxygens (including phenoxy) is 1. The highest BCUT2D eigenvalue weighted by molar-refractivity contribution is 5.95. The average Bonchev–Trinajstić information content (AvgIpc) is 3.08. The summed E-state index contributed by atoms with van der Waals surface area (Å²) in [5, 5.41) is 3.05. The first-order chi connectivity index (χ1) is 12.1. The molecule has 0 saturated carbocycles. The third kappa shape index (κ3) is 4.61. The predicted octanol–water partition coefficient (Wildman–Crippen LogP) is -0.528. The lowest BCUT2D eigenvalue weighted by atomic mass is 9.96. The Kier molecular flexibility index (Phi) is 6.09. The van der Waals surface area contributed by atoms with Crippen LogP contribution in [0.5, 0.6) is 0 Å². The summed E-state index contributed by atoms with van der Waals surface area (Å²) in [4.78, 5) is 28.3. The summed E-state index contributed by atoms with van der Waals surface area (Å²) in [7, 11) is 0. The highest BCUT2D eigenvalue weighted by atomic mass is 16.5. The maximum atomic E-state index is 12.6. The molecule has 0 unspecified atom stereocenters. The summed E-state index contributed by atoms with van der Waals surface area (Å²) < 4.78 is 10.6. The summed E-state index contributed by atoms with van der Waals surface area (Å²) >= 11 is 0. The largest absolute Gasteiger partial charge is 0.469 e. The van der Waals surface area contributed by atoms with Gasteiger partial charge in [0.1, 0.15) is 18.8 Å². The van der Waals surface area contributed by atoms with Crippen LogP contribution in [0.1, 0.15) is 29.0 Å². The number of nitrogens with one attached hydrogen (secondary N) is 2. The van der Waals surface area contributed by atoms with Crippen molar-refractivity contribution in [1.29, 1.82) is 0 Å². The highest BCUT2D eigenvalue weighted by Crippen LogP contribution is 2.20. The van der Waals surface area contributed by atoms with Crippen LogP contribution in [0.15, 0.2) is 16.7 Å². The lowest BCUT2D eigenvalue weighted by molar-refractivity contribution is -0.906. The molecule has 1 atom stereocenters. The van der Waals surface area contributed by atoms with Gasteiger partial charge in [-0.2, -0.15) is 0 Å². The quantitative estimate of drug-likeness (QED) is 0.749. The second kappa shape index (κ2) is 8.49. The molecule has 0 radical (unpaired) electrons. The van der Waals surface area contributed by atoms with Crippen molar-refractivity contribution in [2.24, 2.45) is 5.92 Å². The number of piperidine rings is 1. The molecule has 7 heteroatoms. The molecule has 2 saturated heterocycles. The summed E-state index contributed by atoms with van der Waals surface area (Å²) in [6, 6.07) is 1.70. The van der Waals surface area contributed by atoms with Crippen molar-refractivity contribution in [3.8, 4) is 0 Å². The Hall–Kier alpha value is -1.86. The number of carbonyl (C=O) groups excluding carboxylic acids is 2. The van der Waals surface area contributed by atoms with Gasteiger partial charge in [-0.3, -0.25) is 9.59 Å². The lowest BCUT2D eigenvalue weighted by Gasteiger charge is -2.32. The van der Waals surface area contributed by atoms with Gasteiger partial charge in [0, 0.05) is 13.1 Å². The van der Waals surface area contributed by atoms with Crippen molar-refractivity contribution < 1.29 is 23.6 Å². The number of carbonyl (C=O) groups is 2. The van der Waals surface area contributed by atoms with Crippen molar-refractivity contribution in [2.75, 3.05) is 52.5 Å². The monoisotopic (exact) mass is 350 g/mol. The summed E-state index contributed by atoms with van der Waals surface area (Å²) in [5.41, 5.74) is 0.594. The summed E-state index contributed by atoms with van der Waals surface area (Å²) in [6.45, 7) is 8.20. The Balaban J connectivity index is 1.46. The van der Waals surface area contributed by atoms with E-state index in [2.05, 4.69) is 5.32 Å². The molecular weight excluding hydrogens is 322 g/mol. The van der Waals surface area contributed by atoms with Gasteiger partial charge in [-0.1, -0.05) is 0 Å². The Morgan fingerprint density at radius 1 is 1.36 bits per heavy atom. The number of likely N-dealkylation sites (tertiary alicyclic amines) is 1. The second-order valence-corrected chi connectivity index (χ2v) is 6.88. The van der Waals surface area contributed by atoms with Crippen LogP contribution < -0.4 is 10.2 Å². The number of aryl methyl sites for hydroxylation is 1. The number of rotatable bonds is 5. The fraction of sp³-hybridized carbons (Fsp3) is 0.667. The molecule has 0 spiro atoms. The second-order valence-electron chi connectivity index (χ2n) is 6.88. The highest BCUT2D eigenvalue weighted by Gasteiger charge is 2.30. The van der Waals surface area contributed by atoms with E-state index in [1.54, 1.807) is 17.9 Å². The first kappa shape index (κ1) is 17.9. The van der Waals surface area contributed by atoms with E-state index < -0.39 is 0 Å². The minimum atomic E-state index is -0.121. The smallest absolute Gasteiger partial charge is 0.257 e. The van der Waals surface area contributed by atoms with E-state index in [0.29, 0.717) is 31.0 Å². The zero-order valence-corrected chi connectivity index (χ0v) is 14.9. The maximum Gasteiger partial charge on any atom is 0.257 e. The van der Waals surface area contributed by atoms with Crippen LogP contribution in [0.3, 0.4) is 0 Å². The molecule has 1 aromatic heterocycles. The molecular formula is C18H28N3O4+. The molecule has 25 heavy (non-hydrogen) atoms. The van der Waals surface area contributed by atoms with Crippen LogP contribution in [0.25, 0.3) is 0 Å². The SMILES string of the molecule is Cc1occc1C(=O)N1CCC[C@H](C(=O)NCC[NH+]2CCOCC2)C1. The van der Waals surface area contributed by atoms with Gasteiger partial charge in [-0.15, -0.1) is 0 Å². The number of hydrogen-bond acceptors (Lipinski definition) is 4. The minimum Gasteiger partial charge on any atom is -0.469 e. The fourth-order valence-corrected chi connectivity index (χ4v) is 3.57. The van der Waals surface area contributed by atoms with Gasteiger partial charge in [-0.05, 0) is 25.8 Å². The van der Waals surface area contributed by atoms with E-state index in [0.717, 1.165) is 45.7 Å². The zero-order chi connectivity index (χ0) is 17.6. The number of hydrogen-bond donors (Lipinski definition) is 2. The third-order valence-electron chi connectivity index (χ3n) is 5.15. The molecule has 0 bridgehead atoms. The van der Waals surface area contributed by atoms with E-state index in [9.17, 15) is 9.59 Å². The number of morpholine rings is 1. The van der Waals surface area contributed by atoms with Crippen molar-refractivity contribution in [3.05, 3.63) is 23.7 Å². The summed E-state index contributed by atoms with van der Waals surface area (Å²) in [6.07, 6.45) is 3.23. The molecule has 2 fully saturated rings. The Bertz CT molecular complexity index is 595. The average molecular weight is 350 g/mol. The molecule has 3 heterocycles. The number of furan rings is 1. The van der Waals surface area contributed by atoms with Crippen LogP contribution in [0, 0.1) is 12.8 Å². The van der Waals surface area contributed by atoms with Gasteiger partial charge in [0.25, 0.3) is 5.91 Å². The van der Waals surface area contributed by atoms with Crippen LogP contribution in [-0.4, -0.2) is 69.2 Å². The van der Waals surface area contributed by atoms with Gasteiger partial charge in [0.15, 0.2) is 0 Å². The lowest BCUT2D eigenvalue weighted by Crippen LogP contribution is -3.14. The number of nitrogens with zero attached hydrogens (tertiary/aromatic N) is 1. The van der Waals surface area contributed by atoms with E-state index in [1.807, 2.05) is 0 Å². The van der Waals surface area contributed by atoms with Crippen molar-refractivity contribution in [1.82, 2.24) is 10.2 Å². The van der Waals surface area contributed by atoms with Gasteiger partial charge in [0.05, 0.1) is 44.0 Å². The van der Waals surface area contributed by atoms with Gasteiger partial charge >= 0.3 is 0 Å². The maximum absolute atomic E-state index is 12.6. The molecule has 7 nitrogen and oxygen atoms in total. The van der Waals surface area contributed by atoms with Gasteiger partial charge in [0.2, 0.25) is 5.91 Å². The molecule has 2 N–H and O–H groups in total. The van der Waals surface area contributed by atoms with Crippen LogP contribution in [0.4, 0.5) is 0 Å². The van der Waals surface area contributed by atoms with E-state index in [4.69, 9.17) is 9.15 Å². The molecule has 2 aliphatic rings. The first-order valence-corrected chi connectivity index (χ1v) is 9.17.